The lowest BCUT2D eigenvalue weighted by Crippen LogP contribution is -2.21. The average molecular weight is 131 g/mol. The molecule has 1 nitrogen and oxygen atoms in total. The monoisotopic (exact) mass is 131 g/mol. The lowest BCUT2D eigenvalue weighted by Gasteiger charge is -2.18. The number of hydrogen-bond acceptors (Lipinski definition) is 1. The molecule has 0 aliphatic rings. The minimum Gasteiger partial charge on any atom is -0.330 e. The van der Waals surface area contributed by atoms with Crippen molar-refractivity contribution in [1.82, 2.24) is 0 Å². The van der Waals surface area contributed by atoms with Crippen molar-refractivity contribution >= 4 is 0 Å². The Hall–Kier alpha value is -0.0400. The van der Waals surface area contributed by atoms with Gasteiger partial charge >= 0.3 is 0 Å². The van der Waals surface area contributed by atoms with E-state index >= 15 is 0 Å². The van der Waals surface area contributed by atoms with Crippen molar-refractivity contribution < 1.29 is 0 Å². The molecule has 0 atom stereocenters. The van der Waals surface area contributed by atoms with E-state index in [2.05, 4.69) is 20.8 Å². The molecule has 9 heavy (non-hydrogen) atoms. The van der Waals surface area contributed by atoms with Gasteiger partial charge in [0.15, 0.2) is 0 Å². The summed E-state index contributed by atoms with van der Waals surface area (Å²) in [5.41, 5.74) is 5.78. The Morgan fingerprint density at radius 1 is 1.22 bits per heavy atom. The summed E-state index contributed by atoms with van der Waals surface area (Å²) in [5, 5.41) is 0. The van der Waals surface area contributed by atoms with Crippen molar-refractivity contribution in [2.75, 3.05) is 6.54 Å². The maximum atomic E-state index is 5.42. The van der Waals surface area contributed by atoms with Gasteiger partial charge in [-0.3, -0.25) is 0 Å². The third-order valence-corrected chi connectivity index (χ3v) is 1.51. The molecule has 2 N–H and O–H groups in total. The molecule has 1 heteroatoms. The molecule has 0 saturated carbocycles. The first-order valence-corrected chi connectivity index (χ1v) is 3.82. The molecule has 0 unspecified atom stereocenters. The fourth-order valence-electron chi connectivity index (χ4n) is 0.144. The van der Waals surface area contributed by atoms with Crippen LogP contribution in [0.1, 0.15) is 41.0 Å². The molecule has 0 aliphatic heterocycles. The van der Waals surface area contributed by atoms with Crippen molar-refractivity contribution in [3.63, 3.8) is 0 Å². The molecular formula is C8H21N. The zero-order chi connectivity index (χ0) is 7.91. The predicted molar refractivity (Wildman–Crippen MR) is 44.5 cm³/mol. The van der Waals surface area contributed by atoms with Gasteiger partial charge in [-0.15, -0.1) is 0 Å². The summed E-state index contributed by atoms with van der Waals surface area (Å²) in [6, 6.07) is 0. The van der Waals surface area contributed by atoms with Crippen LogP contribution in [0.2, 0.25) is 0 Å². The second-order valence-corrected chi connectivity index (χ2v) is 2.72. The first-order chi connectivity index (χ1) is 4.12. The van der Waals surface area contributed by atoms with Crippen molar-refractivity contribution in [2.24, 2.45) is 11.1 Å². The van der Waals surface area contributed by atoms with E-state index < -0.39 is 0 Å². The lowest BCUT2D eigenvalue weighted by atomic mass is 9.91. The van der Waals surface area contributed by atoms with E-state index in [0.717, 1.165) is 6.54 Å². The van der Waals surface area contributed by atoms with E-state index in [1.54, 1.807) is 0 Å². The Balaban J connectivity index is 0. The number of hydrogen-bond donors (Lipinski definition) is 1. The molecule has 0 aromatic rings. The zero-order valence-corrected chi connectivity index (χ0v) is 7.49. The van der Waals surface area contributed by atoms with Gasteiger partial charge in [-0.25, -0.2) is 0 Å². The molecular weight excluding hydrogens is 110 g/mol. The molecule has 0 heterocycles. The van der Waals surface area contributed by atoms with Crippen LogP contribution in [0.3, 0.4) is 0 Å². The molecule has 0 saturated heterocycles. The summed E-state index contributed by atoms with van der Waals surface area (Å²) in [6.07, 6.45) is 1.17. The van der Waals surface area contributed by atoms with Gasteiger partial charge in [0.25, 0.3) is 0 Å². The topological polar surface area (TPSA) is 26.0 Å². The minimum atomic E-state index is 0.361. The van der Waals surface area contributed by atoms with Crippen LogP contribution in [0.4, 0.5) is 0 Å². The summed E-state index contributed by atoms with van der Waals surface area (Å²) < 4.78 is 0. The summed E-state index contributed by atoms with van der Waals surface area (Å²) in [6.45, 7) is 11.3. The Kier molecular flexibility index (Phi) is 7.92. The van der Waals surface area contributed by atoms with Crippen molar-refractivity contribution in [2.45, 2.75) is 41.0 Å². The molecule has 0 aromatic carbocycles. The van der Waals surface area contributed by atoms with E-state index in [0.29, 0.717) is 5.41 Å². The van der Waals surface area contributed by atoms with Crippen LogP contribution in [-0.2, 0) is 0 Å². The Morgan fingerprint density at radius 2 is 1.56 bits per heavy atom. The summed E-state index contributed by atoms with van der Waals surface area (Å²) >= 11 is 0. The first-order valence-electron chi connectivity index (χ1n) is 3.82. The molecule has 0 bridgehead atoms. The van der Waals surface area contributed by atoms with Crippen molar-refractivity contribution in [3.05, 3.63) is 0 Å². The van der Waals surface area contributed by atoms with E-state index in [1.807, 2.05) is 13.8 Å². The SMILES string of the molecule is CC.CCC(C)(C)CN. The van der Waals surface area contributed by atoms with Crippen LogP contribution in [0.5, 0.6) is 0 Å². The van der Waals surface area contributed by atoms with E-state index in [1.165, 1.54) is 6.42 Å². The third kappa shape index (κ3) is 7.96. The van der Waals surface area contributed by atoms with Gasteiger partial charge in [-0.05, 0) is 18.4 Å². The third-order valence-electron chi connectivity index (χ3n) is 1.51. The number of rotatable bonds is 2. The lowest BCUT2D eigenvalue weighted by molar-refractivity contribution is 0.365. The van der Waals surface area contributed by atoms with E-state index in [4.69, 9.17) is 5.73 Å². The molecule has 0 radical (unpaired) electrons. The largest absolute Gasteiger partial charge is 0.330 e. The smallest absolute Gasteiger partial charge is 0.00259 e. The fourth-order valence-corrected chi connectivity index (χ4v) is 0.144. The Labute approximate surface area is 59.6 Å². The van der Waals surface area contributed by atoms with Crippen LogP contribution in [0.25, 0.3) is 0 Å². The summed E-state index contributed by atoms with van der Waals surface area (Å²) in [5.74, 6) is 0. The summed E-state index contributed by atoms with van der Waals surface area (Å²) in [4.78, 5) is 0. The average Bonchev–Trinajstić information content (AvgIpc) is 1.93. The highest BCUT2D eigenvalue weighted by molar-refractivity contribution is 4.65. The predicted octanol–water partition coefficient (Wildman–Crippen LogP) is 2.41. The summed E-state index contributed by atoms with van der Waals surface area (Å²) in [7, 11) is 0. The highest BCUT2D eigenvalue weighted by Crippen LogP contribution is 2.15. The van der Waals surface area contributed by atoms with Crippen LogP contribution >= 0.6 is 0 Å². The van der Waals surface area contributed by atoms with Crippen LogP contribution in [0.15, 0.2) is 0 Å². The highest BCUT2D eigenvalue weighted by Gasteiger charge is 2.10. The van der Waals surface area contributed by atoms with E-state index in [-0.39, 0.29) is 0 Å². The fraction of sp³-hybridized carbons (Fsp3) is 1.00. The normalized spacial score (nSPS) is 10.0. The molecule has 0 rings (SSSR count). The molecule has 0 spiro atoms. The zero-order valence-electron chi connectivity index (χ0n) is 7.49. The van der Waals surface area contributed by atoms with Crippen LogP contribution in [-0.4, -0.2) is 6.54 Å². The maximum Gasteiger partial charge on any atom is -0.00259 e. The van der Waals surface area contributed by atoms with Gasteiger partial charge in [-0.2, -0.15) is 0 Å². The van der Waals surface area contributed by atoms with Crippen molar-refractivity contribution in [1.29, 1.82) is 0 Å². The minimum absolute atomic E-state index is 0.361. The Bertz CT molecular complexity index is 42.5. The van der Waals surface area contributed by atoms with Crippen molar-refractivity contribution in [3.8, 4) is 0 Å². The second kappa shape index (κ2) is 6.09. The molecule has 0 amide bonds. The molecule has 0 aliphatic carbocycles. The van der Waals surface area contributed by atoms with Gasteiger partial charge in [0.05, 0.1) is 0 Å². The molecule has 58 valence electrons. The van der Waals surface area contributed by atoms with Crippen LogP contribution in [0, 0.1) is 5.41 Å². The number of nitrogens with two attached hydrogens (primary N) is 1. The standard InChI is InChI=1S/C6H15N.C2H6/c1-4-6(2,3)5-7;1-2/h4-5,7H2,1-3H3;1-2H3. The van der Waals surface area contributed by atoms with E-state index in [9.17, 15) is 0 Å². The van der Waals surface area contributed by atoms with Gasteiger partial charge in [-0.1, -0.05) is 34.6 Å². The van der Waals surface area contributed by atoms with Crippen LogP contribution < -0.4 is 5.73 Å². The maximum absolute atomic E-state index is 5.42. The van der Waals surface area contributed by atoms with Gasteiger partial charge in [0.2, 0.25) is 0 Å². The highest BCUT2D eigenvalue weighted by atomic mass is 14.6. The molecule has 0 aromatic heterocycles. The Morgan fingerprint density at radius 3 is 1.56 bits per heavy atom. The van der Waals surface area contributed by atoms with Gasteiger partial charge < -0.3 is 5.73 Å². The molecule has 0 fully saturated rings. The van der Waals surface area contributed by atoms with Gasteiger partial charge in [0, 0.05) is 0 Å². The quantitative estimate of drug-likeness (QED) is 0.612. The van der Waals surface area contributed by atoms with Gasteiger partial charge in [0.1, 0.15) is 0 Å². The second-order valence-electron chi connectivity index (χ2n) is 2.72. The first kappa shape index (κ1) is 11.7.